The van der Waals surface area contributed by atoms with Crippen LogP contribution >= 0.6 is 0 Å². The summed E-state index contributed by atoms with van der Waals surface area (Å²) in [4.78, 5) is 21.5. The van der Waals surface area contributed by atoms with Gasteiger partial charge in [0, 0.05) is 20.0 Å². The Bertz CT molecular complexity index is 705. The van der Waals surface area contributed by atoms with E-state index >= 15 is 0 Å². The Morgan fingerprint density at radius 1 is 1.12 bits per heavy atom. The average molecular weight is 367 g/mol. The summed E-state index contributed by atoms with van der Waals surface area (Å²) < 4.78 is 63.5. The van der Waals surface area contributed by atoms with E-state index in [0.717, 1.165) is 18.2 Å². The summed E-state index contributed by atoms with van der Waals surface area (Å²) >= 11 is 0. The number of amides is 2. The molecular formula is C13H16F3N3O4S. The molecule has 0 aliphatic heterocycles. The van der Waals surface area contributed by atoms with E-state index in [-0.39, 0.29) is 19.0 Å². The van der Waals surface area contributed by atoms with Crippen molar-refractivity contribution in [3.63, 3.8) is 0 Å². The van der Waals surface area contributed by atoms with Crippen LogP contribution in [0.2, 0.25) is 0 Å². The highest BCUT2D eigenvalue weighted by molar-refractivity contribution is 7.89. The Labute approximate surface area is 136 Å². The van der Waals surface area contributed by atoms with Gasteiger partial charge in [-0.1, -0.05) is 6.07 Å². The second-order valence-electron chi connectivity index (χ2n) is 4.68. The molecule has 2 amide bonds. The third-order valence-electron chi connectivity index (χ3n) is 2.72. The number of nitrogens with one attached hydrogen (secondary N) is 3. The van der Waals surface area contributed by atoms with Crippen LogP contribution in [0.15, 0.2) is 29.2 Å². The van der Waals surface area contributed by atoms with Gasteiger partial charge >= 0.3 is 6.18 Å². The zero-order valence-corrected chi connectivity index (χ0v) is 13.4. The second-order valence-corrected chi connectivity index (χ2v) is 6.45. The summed E-state index contributed by atoms with van der Waals surface area (Å²) in [6, 6.07) is 3.18. The highest BCUT2D eigenvalue weighted by Crippen LogP contribution is 2.30. The van der Waals surface area contributed by atoms with Crippen molar-refractivity contribution in [3.8, 4) is 0 Å². The highest BCUT2D eigenvalue weighted by atomic mass is 32.2. The summed E-state index contributed by atoms with van der Waals surface area (Å²) in [6.45, 7) is 0.912. The van der Waals surface area contributed by atoms with Gasteiger partial charge in [0.15, 0.2) is 0 Å². The highest BCUT2D eigenvalue weighted by Gasteiger charge is 2.31. The van der Waals surface area contributed by atoms with Crippen LogP contribution in [-0.4, -0.2) is 39.9 Å². The maximum atomic E-state index is 12.6. The number of carbonyl (C=O) groups excluding carboxylic acids is 2. The molecule has 24 heavy (non-hydrogen) atoms. The Balaban J connectivity index is 2.61. The fraction of sp³-hybridized carbons (Fsp3) is 0.385. The lowest BCUT2D eigenvalue weighted by molar-refractivity contribution is -0.137. The molecule has 0 aliphatic rings. The quantitative estimate of drug-likeness (QED) is 0.601. The third-order valence-corrected chi connectivity index (χ3v) is 4.11. The lowest BCUT2D eigenvalue weighted by Crippen LogP contribution is -2.40. The molecular weight excluding hydrogens is 351 g/mol. The molecule has 0 aliphatic carbocycles. The van der Waals surface area contributed by atoms with Gasteiger partial charge in [-0.15, -0.1) is 0 Å². The second kappa shape index (κ2) is 8.11. The van der Waals surface area contributed by atoms with Crippen molar-refractivity contribution in [2.45, 2.75) is 18.0 Å². The van der Waals surface area contributed by atoms with Crippen molar-refractivity contribution >= 4 is 21.8 Å². The van der Waals surface area contributed by atoms with E-state index in [2.05, 4.69) is 10.6 Å². The fourth-order valence-electron chi connectivity index (χ4n) is 1.59. The first-order valence-corrected chi connectivity index (χ1v) is 8.19. The van der Waals surface area contributed by atoms with E-state index in [0.29, 0.717) is 6.07 Å². The maximum absolute atomic E-state index is 12.6. The van der Waals surface area contributed by atoms with Crippen molar-refractivity contribution in [2.75, 3.05) is 19.6 Å². The van der Waals surface area contributed by atoms with Crippen LogP contribution in [0.4, 0.5) is 13.2 Å². The van der Waals surface area contributed by atoms with E-state index in [1.807, 2.05) is 4.72 Å². The van der Waals surface area contributed by atoms with Gasteiger partial charge in [-0.25, -0.2) is 13.1 Å². The SMILES string of the molecule is CC(=O)NCCNC(=O)CNS(=O)(=O)c1cccc(C(F)(F)F)c1. The Morgan fingerprint density at radius 3 is 2.33 bits per heavy atom. The zero-order chi connectivity index (χ0) is 18.4. The van der Waals surface area contributed by atoms with Crippen molar-refractivity contribution in [3.05, 3.63) is 29.8 Å². The minimum atomic E-state index is -4.67. The molecule has 0 heterocycles. The van der Waals surface area contributed by atoms with Crippen LogP contribution < -0.4 is 15.4 Å². The molecule has 1 aromatic carbocycles. The topological polar surface area (TPSA) is 104 Å². The summed E-state index contributed by atoms with van der Waals surface area (Å²) in [6.07, 6.45) is -4.67. The molecule has 0 saturated heterocycles. The number of hydrogen-bond acceptors (Lipinski definition) is 4. The summed E-state index contributed by atoms with van der Waals surface area (Å²) in [7, 11) is -4.26. The number of benzene rings is 1. The molecule has 3 N–H and O–H groups in total. The molecule has 0 saturated carbocycles. The molecule has 0 unspecified atom stereocenters. The normalized spacial score (nSPS) is 11.8. The summed E-state index contributed by atoms with van der Waals surface area (Å²) in [5.74, 6) is -0.967. The number of halogens is 3. The first-order valence-electron chi connectivity index (χ1n) is 6.70. The molecule has 0 atom stereocenters. The molecule has 0 fully saturated rings. The molecule has 134 valence electrons. The summed E-state index contributed by atoms with van der Waals surface area (Å²) in [5.41, 5.74) is -1.11. The van der Waals surface area contributed by atoms with Crippen LogP contribution in [0.5, 0.6) is 0 Å². The Hall–Kier alpha value is -2.14. The fourth-order valence-corrected chi connectivity index (χ4v) is 2.61. The molecule has 0 bridgehead atoms. The smallest absolute Gasteiger partial charge is 0.355 e. The minimum Gasteiger partial charge on any atom is -0.355 e. The average Bonchev–Trinajstić information content (AvgIpc) is 2.49. The maximum Gasteiger partial charge on any atom is 0.416 e. The van der Waals surface area contributed by atoms with Crippen molar-refractivity contribution in [1.29, 1.82) is 0 Å². The molecule has 0 radical (unpaired) electrons. The van der Waals surface area contributed by atoms with Gasteiger partial charge in [0.2, 0.25) is 21.8 Å². The largest absolute Gasteiger partial charge is 0.416 e. The van der Waals surface area contributed by atoms with Crippen molar-refractivity contribution in [2.24, 2.45) is 0 Å². The number of sulfonamides is 1. The monoisotopic (exact) mass is 367 g/mol. The minimum absolute atomic E-state index is 0.0870. The van der Waals surface area contributed by atoms with Crippen molar-refractivity contribution in [1.82, 2.24) is 15.4 Å². The number of carbonyl (C=O) groups is 2. The number of hydrogen-bond donors (Lipinski definition) is 3. The molecule has 11 heteroatoms. The molecule has 0 aromatic heterocycles. The van der Waals surface area contributed by atoms with Gasteiger partial charge in [-0.2, -0.15) is 13.2 Å². The van der Waals surface area contributed by atoms with E-state index < -0.39 is 39.1 Å². The van der Waals surface area contributed by atoms with Crippen LogP contribution in [0, 0.1) is 0 Å². The van der Waals surface area contributed by atoms with E-state index in [1.54, 1.807) is 0 Å². The van der Waals surface area contributed by atoms with E-state index in [9.17, 15) is 31.2 Å². The van der Waals surface area contributed by atoms with Crippen LogP contribution in [0.25, 0.3) is 0 Å². The lowest BCUT2D eigenvalue weighted by atomic mass is 10.2. The van der Waals surface area contributed by atoms with Gasteiger partial charge in [0.05, 0.1) is 17.0 Å². The predicted molar refractivity (Wildman–Crippen MR) is 78.3 cm³/mol. The third kappa shape index (κ3) is 6.54. The van der Waals surface area contributed by atoms with Gasteiger partial charge in [-0.05, 0) is 18.2 Å². The zero-order valence-electron chi connectivity index (χ0n) is 12.6. The molecule has 1 aromatic rings. The summed E-state index contributed by atoms with van der Waals surface area (Å²) in [5, 5.41) is 4.76. The first kappa shape index (κ1) is 19.9. The van der Waals surface area contributed by atoms with Crippen molar-refractivity contribution < 1.29 is 31.2 Å². The van der Waals surface area contributed by atoms with Crippen LogP contribution in [0.1, 0.15) is 12.5 Å². The first-order chi connectivity index (χ1) is 11.0. The molecule has 0 spiro atoms. The van der Waals surface area contributed by atoms with Crippen LogP contribution in [0.3, 0.4) is 0 Å². The van der Waals surface area contributed by atoms with Gasteiger partial charge < -0.3 is 10.6 Å². The molecule has 1 rings (SSSR count). The predicted octanol–water partition coefficient (Wildman–Crippen LogP) is 0.236. The van der Waals surface area contributed by atoms with Gasteiger partial charge in [0.25, 0.3) is 0 Å². The number of rotatable bonds is 7. The van der Waals surface area contributed by atoms with E-state index in [1.165, 1.54) is 6.92 Å². The lowest BCUT2D eigenvalue weighted by Gasteiger charge is -2.10. The van der Waals surface area contributed by atoms with E-state index in [4.69, 9.17) is 0 Å². The van der Waals surface area contributed by atoms with Gasteiger partial charge in [0.1, 0.15) is 0 Å². The van der Waals surface area contributed by atoms with Gasteiger partial charge in [-0.3, -0.25) is 9.59 Å². The molecule has 7 nitrogen and oxygen atoms in total. The Morgan fingerprint density at radius 2 is 1.75 bits per heavy atom. The Kier molecular flexibility index (Phi) is 6.72. The number of alkyl halides is 3. The van der Waals surface area contributed by atoms with Crippen LogP contribution in [-0.2, 0) is 25.8 Å². The standard InChI is InChI=1S/C13H16F3N3O4S/c1-9(20)17-5-6-18-12(21)8-19-24(22,23)11-4-2-3-10(7-11)13(14,15)16/h2-4,7,19H,5-6,8H2,1H3,(H,17,20)(H,18,21).